The number of hydrogen-bond donors (Lipinski definition) is 1. The van der Waals surface area contributed by atoms with Crippen LogP contribution in [0.2, 0.25) is 0 Å². The van der Waals surface area contributed by atoms with Gasteiger partial charge in [0.1, 0.15) is 0 Å². The van der Waals surface area contributed by atoms with Crippen molar-refractivity contribution in [2.45, 2.75) is 38.6 Å². The van der Waals surface area contributed by atoms with Crippen LogP contribution in [-0.4, -0.2) is 32.0 Å². The Balaban J connectivity index is 2.82. The largest absolute Gasteiger partial charge is 0.469 e. The molecular formula is C16H23NO3. The number of methoxy groups -OCH3 is 1. The molecule has 0 spiro atoms. The second-order valence-corrected chi connectivity index (χ2v) is 4.92. The summed E-state index contributed by atoms with van der Waals surface area (Å²) in [5, 5.41) is 2.86. The standard InChI is InChI=1S/C16H23NO3/c1-5-11(2)12-6-8-13(9-7-12)16(19)14(17-3)10-15(18)20-4/h6-9,11,14,17H,5,10H2,1-4H3. The van der Waals surface area contributed by atoms with Crippen LogP contribution in [0.25, 0.3) is 0 Å². The lowest BCUT2D eigenvalue weighted by Gasteiger charge is -2.15. The van der Waals surface area contributed by atoms with Crippen molar-refractivity contribution in [3.05, 3.63) is 35.4 Å². The molecule has 0 aliphatic rings. The Morgan fingerprint density at radius 1 is 1.25 bits per heavy atom. The monoisotopic (exact) mass is 277 g/mol. The fourth-order valence-corrected chi connectivity index (χ4v) is 1.99. The average molecular weight is 277 g/mol. The summed E-state index contributed by atoms with van der Waals surface area (Å²) in [4.78, 5) is 23.6. The molecule has 2 atom stereocenters. The third-order valence-corrected chi connectivity index (χ3v) is 3.64. The SMILES string of the molecule is CCC(C)c1ccc(C(=O)C(CC(=O)OC)NC)cc1. The van der Waals surface area contributed by atoms with Gasteiger partial charge in [-0.25, -0.2) is 0 Å². The third kappa shape index (κ3) is 4.17. The van der Waals surface area contributed by atoms with E-state index in [9.17, 15) is 9.59 Å². The maximum atomic E-state index is 12.3. The second kappa shape index (κ2) is 7.80. The maximum absolute atomic E-state index is 12.3. The van der Waals surface area contributed by atoms with E-state index in [1.807, 2.05) is 24.3 Å². The van der Waals surface area contributed by atoms with Gasteiger partial charge < -0.3 is 10.1 Å². The zero-order valence-electron chi connectivity index (χ0n) is 12.6. The molecule has 0 bridgehead atoms. The minimum atomic E-state index is -0.545. The number of carbonyl (C=O) groups excluding carboxylic acids is 2. The molecule has 0 amide bonds. The first kappa shape index (κ1) is 16.4. The lowest BCUT2D eigenvalue weighted by atomic mass is 9.95. The topological polar surface area (TPSA) is 55.4 Å². The molecule has 4 heteroatoms. The van der Waals surface area contributed by atoms with E-state index in [0.29, 0.717) is 11.5 Å². The van der Waals surface area contributed by atoms with Gasteiger partial charge in [-0.2, -0.15) is 0 Å². The van der Waals surface area contributed by atoms with Crippen LogP contribution >= 0.6 is 0 Å². The normalized spacial score (nSPS) is 13.6. The second-order valence-electron chi connectivity index (χ2n) is 4.92. The number of nitrogens with one attached hydrogen (secondary N) is 1. The Morgan fingerprint density at radius 3 is 2.30 bits per heavy atom. The van der Waals surface area contributed by atoms with Crippen LogP contribution in [-0.2, 0) is 9.53 Å². The number of esters is 1. The number of rotatable bonds is 7. The van der Waals surface area contributed by atoms with Crippen molar-refractivity contribution >= 4 is 11.8 Å². The fraction of sp³-hybridized carbons (Fsp3) is 0.500. The van der Waals surface area contributed by atoms with Gasteiger partial charge in [0.15, 0.2) is 5.78 Å². The van der Waals surface area contributed by atoms with Crippen molar-refractivity contribution in [1.82, 2.24) is 5.32 Å². The van der Waals surface area contributed by atoms with E-state index < -0.39 is 12.0 Å². The number of benzene rings is 1. The quantitative estimate of drug-likeness (QED) is 0.614. The Labute approximate surface area is 120 Å². The highest BCUT2D eigenvalue weighted by atomic mass is 16.5. The van der Waals surface area contributed by atoms with E-state index in [-0.39, 0.29) is 12.2 Å². The molecule has 0 aromatic heterocycles. The van der Waals surface area contributed by atoms with Crippen LogP contribution in [0.3, 0.4) is 0 Å². The van der Waals surface area contributed by atoms with Crippen molar-refractivity contribution in [2.24, 2.45) is 0 Å². The van der Waals surface area contributed by atoms with Crippen molar-refractivity contribution < 1.29 is 14.3 Å². The van der Waals surface area contributed by atoms with Gasteiger partial charge in [-0.15, -0.1) is 0 Å². The van der Waals surface area contributed by atoms with Gasteiger partial charge in [-0.05, 0) is 24.9 Å². The highest BCUT2D eigenvalue weighted by Crippen LogP contribution is 2.19. The van der Waals surface area contributed by atoms with Crippen molar-refractivity contribution in [3.8, 4) is 0 Å². The van der Waals surface area contributed by atoms with Gasteiger partial charge in [-0.1, -0.05) is 38.1 Å². The van der Waals surface area contributed by atoms with Gasteiger partial charge in [-0.3, -0.25) is 9.59 Å². The van der Waals surface area contributed by atoms with Crippen LogP contribution in [0.15, 0.2) is 24.3 Å². The van der Waals surface area contributed by atoms with Gasteiger partial charge >= 0.3 is 5.97 Å². The molecular weight excluding hydrogens is 254 g/mol. The minimum Gasteiger partial charge on any atom is -0.469 e. The van der Waals surface area contributed by atoms with Gasteiger partial charge in [0.05, 0.1) is 19.6 Å². The number of Topliss-reactive ketones (excluding diaryl/α,β-unsaturated/α-hetero) is 1. The molecule has 20 heavy (non-hydrogen) atoms. The Hall–Kier alpha value is -1.68. The first-order valence-corrected chi connectivity index (χ1v) is 6.91. The summed E-state index contributed by atoms with van der Waals surface area (Å²) in [6.45, 7) is 4.29. The van der Waals surface area contributed by atoms with E-state index in [0.717, 1.165) is 6.42 Å². The molecule has 0 saturated carbocycles. The van der Waals surface area contributed by atoms with E-state index in [2.05, 4.69) is 23.9 Å². The molecule has 2 unspecified atom stereocenters. The van der Waals surface area contributed by atoms with Crippen molar-refractivity contribution in [2.75, 3.05) is 14.2 Å². The molecule has 1 rings (SSSR count). The molecule has 0 heterocycles. The molecule has 0 radical (unpaired) electrons. The molecule has 0 fully saturated rings. The summed E-state index contributed by atoms with van der Waals surface area (Å²) in [7, 11) is 2.99. The number of ketones is 1. The lowest BCUT2D eigenvalue weighted by Crippen LogP contribution is -2.36. The highest BCUT2D eigenvalue weighted by molar-refractivity contribution is 6.01. The van der Waals surface area contributed by atoms with Gasteiger partial charge in [0.25, 0.3) is 0 Å². The number of hydrogen-bond acceptors (Lipinski definition) is 4. The molecule has 110 valence electrons. The molecule has 0 aliphatic heterocycles. The highest BCUT2D eigenvalue weighted by Gasteiger charge is 2.21. The molecule has 0 aliphatic carbocycles. The first-order valence-electron chi connectivity index (χ1n) is 6.91. The van der Waals surface area contributed by atoms with Crippen molar-refractivity contribution in [3.63, 3.8) is 0 Å². The van der Waals surface area contributed by atoms with Crippen molar-refractivity contribution in [1.29, 1.82) is 0 Å². The smallest absolute Gasteiger partial charge is 0.307 e. The Kier molecular flexibility index (Phi) is 6.39. The third-order valence-electron chi connectivity index (χ3n) is 3.64. The predicted octanol–water partition coefficient (Wildman–Crippen LogP) is 2.53. The summed E-state index contributed by atoms with van der Waals surface area (Å²) < 4.78 is 4.60. The summed E-state index contributed by atoms with van der Waals surface area (Å²) in [6, 6.07) is 7.06. The fourth-order valence-electron chi connectivity index (χ4n) is 1.99. The van der Waals surface area contributed by atoms with Crippen LogP contribution in [0.1, 0.15) is 48.5 Å². The Morgan fingerprint density at radius 2 is 1.85 bits per heavy atom. The molecule has 1 aromatic rings. The average Bonchev–Trinajstić information content (AvgIpc) is 2.50. The van der Waals surface area contributed by atoms with Gasteiger partial charge in [0, 0.05) is 5.56 Å². The predicted molar refractivity (Wildman–Crippen MR) is 79.0 cm³/mol. The molecule has 4 nitrogen and oxygen atoms in total. The molecule has 1 aromatic carbocycles. The zero-order chi connectivity index (χ0) is 15.1. The van der Waals surface area contributed by atoms with Crippen LogP contribution in [0.5, 0.6) is 0 Å². The minimum absolute atomic E-state index is 0.0406. The molecule has 0 saturated heterocycles. The van der Waals surface area contributed by atoms with E-state index >= 15 is 0 Å². The summed E-state index contributed by atoms with van der Waals surface area (Å²) in [6.07, 6.45) is 1.10. The van der Waals surface area contributed by atoms with Crippen LogP contribution in [0.4, 0.5) is 0 Å². The maximum Gasteiger partial charge on any atom is 0.307 e. The number of likely N-dealkylation sites (N-methyl/N-ethyl adjacent to an activating group) is 1. The summed E-state index contributed by atoms with van der Waals surface area (Å²) in [5.74, 6) is -0.00292. The number of ether oxygens (including phenoxy) is 1. The van der Waals surface area contributed by atoms with Crippen LogP contribution in [0, 0.1) is 0 Å². The molecule has 1 N–H and O–H groups in total. The van der Waals surface area contributed by atoms with E-state index in [1.54, 1.807) is 7.05 Å². The lowest BCUT2D eigenvalue weighted by molar-refractivity contribution is -0.140. The van der Waals surface area contributed by atoms with Crippen LogP contribution < -0.4 is 5.32 Å². The first-order chi connectivity index (χ1) is 9.53. The summed E-state index contributed by atoms with van der Waals surface area (Å²) >= 11 is 0. The zero-order valence-corrected chi connectivity index (χ0v) is 12.6. The van der Waals surface area contributed by atoms with E-state index in [4.69, 9.17) is 0 Å². The van der Waals surface area contributed by atoms with E-state index in [1.165, 1.54) is 12.7 Å². The summed E-state index contributed by atoms with van der Waals surface area (Å²) in [5.41, 5.74) is 1.83. The number of carbonyl (C=O) groups is 2. The van der Waals surface area contributed by atoms with Gasteiger partial charge in [0.2, 0.25) is 0 Å². The Bertz CT molecular complexity index is 453.